The minimum absolute atomic E-state index is 0.0734. The average Bonchev–Trinajstić information content (AvgIpc) is 3.32. The zero-order valence-corrected chi connectivity index (χ0v) is 16.3. The largest absolute Gasteiger partial charge is 0.494 e. The summed E-state index contributed by atoms with van der Waals surface area (Å²) < 4.78 is 18.3. The number of amides is 1. The van der Waals surface area contributed by atoms with Gasteiger partial charge in [0.2, 0.25) is 0 Å². The summed E-state index contributed by atoms with van der Waals surface area (Å²) >= 11 is 0. The molecule has 3 aromatic rings. The number of nitrogens with one attached hydrogen (secondary N) is 1. The molecular weight excluding hydrogens is 358 g/mol. The molecule has 0 saturated carbocycles. The molecule has 28 heavy (non-hydrogen) atoms. The summed E-state index contributed by atoms with van der Waals surface area (Å²) in [5.74, 6) is 1.90. The van der Waals surface area contributed by atoms with Crippen LogP contribution in [0.1, 0.15) is 30.1 Å². The van der Waals surface area contributed by atoms with Gasteiger partial charge in [0, 0.05) is 12.2 Å². The van der Waals surface area contributed by atoms with E-state index in [0.29, 0.717) is 18.9 Å². The van der Waals surface area contributed by atoms with E-state index in [1.165, 1.54) is 0 Å². The highest BCUT2D eigenvalue weighted by molar-refractivity contribution is 5.77. The standard InChI is InChI=1S/C21H25N3O4/c1-4-26-17-7-9-18(10-8-17)28-14-21(25)22-13-19(20-6-5-11-27-20)24-16(3)12-15(2)23-24/h5-12,19H,4,13-14H2,1-3H3,(H,22,25). The van der Waals surface area contributed by atoms with Crippen molar-refractivity contribution in [1.82, 2.24) is 15.1 Å². The summed E-state index contributed by atoms with van der Waals surface area (Å²) in [7, 11) is 0. The zero-order chi connectivity index (χ0) is 19.9. The molecule has 1 amide bonds. The molecule has 3 rings (SSSR count). The Labute approximate surface area is 164 Å². The molecule has 7 heteroatoms. The van der Waals surface area contributed by atoms with Crippen LogP contribution in [0, 0.1) is 13.8 Å². The molecule has 0 bridgehead atoms. The number of carbonyl (C=O) groups is 1. The van der Waals surface area contributed by atoms with E-state index in [4.69, 9.17) is 13.9 Å². The minimum Gasteiger partial charge on any atom is -0.494 e. The SMILES string of the molecule is CCOc1ccc(OCC(=O)NCC(c2ccco2)n2nc(C)cc2C)cc1. The molecule has 7 nitrogen and oxygen atoms in total. The summed E-state index contributed by atoms with van der Waals surface area (Å²) in [6.07, 6.45) is 1.62. The van der Waals surface area contributed by atoms with Crippen molar-refractivity contribution in [2.45, 2.75) is 26.8 Å². The molecule has 1 N–H and O–H groups in total. The van der Waals surface area contributed by atoms with Crippen LogP contribution in [-0.2, 0) is 4.79 Å². The summed E-state index contributed by atoms with van der Waals surface area (Å²) in [4.78, 5) is 12.3. The maximum atomic E-state index is 12.3. The van der Waals surface area contributed by atoms with Crippen LogP contribution < -0.4 is 14.8 Å². The molecule has 0 aliphatic carbocycles. The smallest absolute Gasteiger partial charge is 0.258 e. The number of benzene rings is 1. The van der Waals surface area contributed by atoms with Crippen molar-refractivity contribution in [1.29, 1.82) is 0 Å². The van der Waals surface area contributed by atoms with Gasteiger partial charge in [-0.2, -0.15) is 5.10 Å². The van der Waals surface area contributed by atoms with Gasteiger partial charge in [0.05, 0.1) is 18.6 Å². The van der Waals surface area contributed by atoms with Crippen LogP contribution in [-0.4, -0.2) is 35.4 Å². The lowest BCUT2D eigenvalue weighted by Gasteiger charge is -2.18. The van der Waals surface area contributed by atoms with Crippen molar-refractivity contribution in [3.8, 4) is 11.5 Å². The van der Waals surface area contributed by atoms with E-state index in [1.54, 1.807) is 18.4 Å². The van der Waals surface area contributed by atoms with E-state index in [1.807, 2.05) is 55.8 Å². The van der Waals surface area contributed by atoms with Crippen molar-refractivity contribution in [3.05, 3.63) is 65.9 Å². The van der Waals surface area contributed by atoms with E-state index in [-0.39, 0.29) is 18.6 Å². The average molecular weight is 383 g/mol. The van der Waals surface area contributed by atoms with Gasteiger partial charge in [-0.05, 0) is 63.2 Å². The number of rotatable bonds is 9. The Bertz CT molecular complexity index is 885. The number of hydrogen-bond donors (Lipinski definition) is 1. The molecule has 1 unspecified atom stereocenters. The van der Waals surface area contributed by atoms with E-state index in [2.05, 4.69) is 10.4 Å². The second-order valence-electron chi connectivity index (χ2n) is 6.40. The minimum atomic E-state index is -0.224. The van der Waals surface area contributed by atoms with Crippen LogP contribution >= 0.6 is 0 Å². The highest BCUT2D eigenvalue weighted by Crippen LogP contribution is 2.20. The Balaban J connectivity index is 1.57. The van der Waals surface area contributed by atoms with Crippen molar-refractivity contribution < 1.29 is 18.7 Å². The topological polar surface area (TPSA) is 78.5 Å². The van der Waals surface area contributed by atoms with Crippen LogP contribution in [0.15, 0.2) is 53.1 Å². The zero-order valence-electron chi connectivity index (χ0n) is 16.3. The number of hydrogen-bond acceptors (Lipinski definition) is 5. The molecule has 0 saturated heterocycles. The van der Waals surface area contributed by atoms with Crippen LogP contribution in [0.5, 0.6) is 11.5 Å². The van der Waals surface area contributed by atoms with Crippen molar-refractivity contribution >= 4 is 5.91 Å². The van der Waals surface area contributed by atoms with Gasteiger partial charge in [0.1, 0.15) is 23.3 Å². The van der Waals surface area contributed by atoms with Gasteiger partial charge < -0.3 is 19.2 Å². The number of aromatic nitrogens is 2. The second-order valence-corrected chi connectivity index (χ2v) is 6.40. The fourth-order valence-electron chi connectivity index (χ4n) is 2.96. The third kappa shape index (κ3) is 4.94. The highest BCUT2D eigenvalue weighted by atomic mass is 16.5. The summed E-state index contributed by atoms with van der Waals surface area (Å²) in [5, 5.41) is 7.42. The Kier molecular flexibility index (Phi) is 6.37. The Morgan fingerprint density at radius 2 is 1.89 bits per heavy atom. The first-order valence-corrected chi connectivity index (χ1v) is 9.25. The Morgan fingerprint density at radius 1 is 1.18 bits per heavy atom. The molecule has 2 aromatic heterocycles. The first-order chi connectivity index (χ1) is 13.6. The number of nitrogens with zero attached hydrogens (tertiary/aromatic N) is 2. The molecule has 0 aliphatic heterocycles. The summed E-state index contributed by atoms with van der Waals surface area (Å²) in [6.45, 7) is 6.72. The third-order valence-corrected chi connectivity index (χ3v) is 4.21. The van der Waals surface area contributed by atoms with Crippen LogP contribution in [0.3, 0.4) is 0 Å². The summed E-state index contributed by atoms with van der Waals surface area (Å²) in [6, 6.07) is 12.7. The molecule has 1 aromatic carbocycles. The van der Waals surface area contributed by atoms with E-state index in [9.17, 15) is 4.79 Å². The molecule has 0 radical (unpaired) electrons. The van der Waals surface area contributed by atoms with E-state index >= 15 is 0 Å². The molecule has 148 valence electrons. The van der Waals surface area contributed by atoms with Crippen LogP contribution in [0.4, 0.5) is 0 Å². The molecule has 0 spiro atoms. The second kappa shape index (κ2) is 9.12. The normalized spacial score (nSPS) is 11.8. The first-order valence-electron chi connectivity index (χ1n) is 9.25. The van der Waals surface area contributed by atoms with Crippen LogP contribution in [0.25, 0.3) is 0 Å². The van der Waals surface area contributed by atoms with E-state index < -0.39 is 0 Å². The highest BCUT2D eigenvalue weighted by Gasteiger charge is 2.20. The Morgan fingerprint density at radius 3 is 2.46 bits per heavy atom. The van der Waals surface area contributed by atoms with Gasteiger partial charge in [-0.3, -0.25) is 9.48 Å². The van der Waals surface area contributed by atoms with Crippen molar-refractivity contribution in [2.75, 3.05) is 19.8 Å². The lowest BCUT2D eigenvalue weighted by atomic mass is 10.2. The Hall–Kier alpha value is -3.22. The molecule has 2 heterocycles. The molecule has 0 fully saturated rings. The van der Waals surface area contributed by atoms with Gasteiger partial charge in [-0.1, -0.05) is 0 Å². The predicted octanol–water partition coefficient (Wildman–Crippen LogP) is 3.28. The van der Waals surface area contributed by atoms with Gasteiger partial charge in [0.15, 0.2) is 6.61 Å². The van der Waals surface area contributed by atoms with Gasteiger partial charge in [0.25, 0.3) is 5.91 Å². The molecule has 1 atom stereocenters. The number of ether oxygens (including phenoxy) is 2. The monoisotopic (exact) mass is 383 g/mol. The lowest BCUT2D eigenvalue weighted by Crippen LogP contribution is -2.35. The number of carbonyl (C=O) groups excluding carboxylic acids is 1. The fraction of sp³-hybridized carbons (Fsp3) is 0.333. The molecule has 0 aliphatic rings. The maximum absolute atomic E-state index is 12.3. The molecular formula is C21H25N3O4. The van der Waals surface area contributed by atoms with Crippen molar-refractivity contribution in [3.63, 3.8) is 0 Å². The number of aryl methyl sites for hydroxylation is 2. The fourth-order valence-corrected chi connectivity index (χ4v) is 2.96. The summed E-state index contributed by atoms with van der Waals surface area (Å²) in [5.41, 5.74) is 1.91. The maximum Gasteiger partial charge on any atom is 0.258 e. The van der Waals surface area contributed by atoms with Gasteiger partial charge in [-0.25, -0.2) is 0 Å². The van der Waals surface area contributed by atoms with E-state index in [0.717, 1.165) is 22.9 Å². The quantitative estimate of drug-likeness (QED) is 0.613. The first kappa shape index (κ1) is 19.5. The number of furan rings is 1. The van der Waals surface area contributed by atoms with Crippen LogP contribution in [0.2, 0.25) is 0 Å². The van der Waals surface area contributed by atoms with Crippen molar-refractivity contribution in [2.24, 2.45) is 0 Å². The predicted molar refractivity (Wildman–Crippen MR) is 105 cm³/mol. The third-order valence-electron chi connectivity index (χ3n) is 4.21. The van der Waals surface area contributed by atoms with Gasteiger partial charge in [-0.15, -0.1) is 0 Å². The van der Waals surface area contributed by atoms with Gasteiger partial charge >= 0.3 is 0 Å². The lowest BCUT2D eigenvalue weighted by molar-refractivity contribution is -0.123.